The minimum absolute atomic E-state index is 0.121. The third-order valence-corrected chi connectivity index (χ3v) is 8.79. The molecule has 0 N–H and O–H groups in total. The Kier molecular flexibility index (Phi) is 6.56. The van der Waals surface area contributed by atoms with E-state index in [1.807, 2.05) is 6.92 Å². The summed E-state index contributed by atoms with van der Waals surface area (Å²) < 4.78 is 34.9. The molecule has 0 saturated carbocycles. The minimum Gasteiger partial charge on any atom is -0.494 e. The number of ether oxygens (including phenoxy) is 1. The molecule has 1 amide bonds. The molecule has 4 rings (SSSR count). The SMILES string of the molecule is COc1cc([N+](=O)[O-])cc2sc(=NC(=O)c3ccc(S(=O)(=O)N4CCCC(C)C4)cc3)n(C)c12. The largest absolute Gasteiger partial charge is 0.494 e. The van der Waals surface area contributed by atoms with Crippen LogP contribution in [0, 0.1) is 16.0 Å². The third kappa shape index (κ3) is 4.48. The summed E-state index contributed by atoms with van der Waals surface area (Å²) in [6.45, 7) is 3.02. The van der Waals surface area contributed by atoms with Gasteiger partial charge in [0.25, 0.3) is 11.6 Å². The van der Waals surface area contributed by atoms with E-state index in [-0.39, 0.29) is 16.1 Å². The number of rotatable bonds is 5. The highest BCUT2D eigenvalue weighted by Crippen LogP contribution is 2.32. The zero-order chi connectivity index (χ0) is 24.6. The van der Waals surface area contributed by atoms with Crippen LogP contribution in [0.3, 0.4) is 0 Å². The van der Waals surface area contributed by atoms with Crippen molar-refractivity contribution < 1.29 is 22.9 Å². The topological polar surface area (TPSA) is 124 Å². The van der Waals surface area contributed by atoms with Crippen LogP contribution in [0.15, 0.2) is 46.3 Å². The Balaban J connectivity index is 1.65. The molecule has 180 valence electrons. The van der Waals surface area contributed by atoms with Crippen LogP contribution in [-0.2, 0) is 17.1 Å². The van der Waals surface area contributed by atoms with E-state index in [1.54, 1.807) is 11.6 Å². The lowest BCUT2D eigenvalue weighted by molar-refractivity contribution is -0.384. The van der Waals surface area contributed by atoms with Crippen molar-refractivity contribution >= 4 is 43.2 Å². The van der Waals surface area contributed by atoms with Crippen LogP contribution >= 0.6 is 11.3 Å². The maximum absolute atomic E-state index is 12.9. The number of amides is 1. The number of hydrogen-bond acceptors (Lipinski definition) is 7. The van der Waals surface area contributed by atoms with Gasteiger partial charge in [-0.1, -0.05) is 18.3 Å². The van der Waals surface area contributed by atoms with Gasteiger partial charge in [-0.25, -0.2) is 8.42 Å². The van der Waals surface area contributed by atoms with E-state index in [2.05, 4.69) is 4.99 Å². The summed E-state index contributed by atoms with van der Waals surface area (Å²) in [4.78, 5) is 28.1. The Hall–Kier alpha value is -3.09. The summed E-state index contributed by atoms with van der Waals surface area (Å²) in [6, 6.07) is 8.48. The minimum atomic E-state index is -3.62. The van der Waals surface area contributed by atoms with Gasteiger partial charge in [0.1, 0.15) is 5.52 Å². The van der Waals surface area contributed by atoms with E-state index >= 15 is 0 Å². The number of methoxy groups -OCH3 is 1. The Morgan fingerprint density at radius 2 is 1.97 bits per heavy atom. The molecule has 10 nitrogen and oxygen atoms in total. The molecule has 0 aliphatic carbocycles. The summed E-state index contributed by atoms with van der Waals surface area (Å²) in [5, 5.41) is 11.2. The third-order valence-electron chi connectivity index (χ3n) is 5.84. The molecular formula is C22H24N4O6S2. The zero-order valence-electron chi connectivity index (χ0n) is 18.9. The molecule has 3 aromatic rings. The maximum atomic E-state index is 12.9. The van der Waals surface area contributed by atoms with Gasteiger partial charge in [0.05, 0.1) is 27.7 Å². The second kappa shape index (κ2) is 9.28. The summed E-state index contributed by atoms with van der Waals surface area (Å²) in [6.07, 6.45) is 1.84. The number of fused-ring (bicyclic) bond motifs is 1. The van der Waals surface area contributed by atoms with Crippen LogP contribution in [0.2, 0.25) is 0 Å². The molecule has 1 aliphatic heterocycles. The number of aromatic nitrogens is 1. The van der Waals surface area contributed by atoms with Crippen molar-refractivity contribution in [1.82, 2.24) is 8.87 Å². The molecule has 1 atom stereocenters. The van der Waals surface area contributed by atoms with E-state index in [1.165, 1.54) is 47.8 Å². The van der Waals surface area contributed by atoms with E-state index in [0.717, 1.165) is 24.2 Å². The first kappa shape index (κ1) is 24.0. The number of thiazole rings is 1. The average molecular weight is 505 g/mol. The molecule has 1 fully saturated rings. The number of nitro groups is 1. The predicted molar refractivity (Wildman–Crippen MR) is 127 cm³/mol. The lowest BCUT2D eigenvalue weighted by Crippen LogP contribution is -2.39. The molecule has 1 aromatic heterocycles. The van der Waals surface area contributed by atoms with Crippen molar-refractivity contribution in [2.24, 2.45) is 18.0 Å². The molecule has 1 aliphatic rings. The van der Waals surface area contributed by atoms with Crippen LogP contribution in [0.25, 0.3) is 10.2 Å². The highest BCUT2D eigenvalue weighted by molar-refractivity contribution is 7.89. The smallest absolute Gasteiger partial charge is 0.279 e. The number of non-ortho nitro benzene ring substituents is 1. The van der Waals surface area contributed by atoms with Gasteiger partial charge >= 0.3 is 0 Å². The quantitative estimate of drug-likeness (QED) is 0.388. The first-order valence-electron chi connectivity index (χ1n) is 10.6. The second-order valence-corrected chi connectivity index (χ2v) is 11.2. The number of carbonyl (C=O) groups excluding carboxylic acids is 1. The molecule has 2 heterocycles. The fraction of sp³-hybridized carbons (Fsp3) is 0.364. The molecule has 0 bridgehead atoms. The molecule has 1 saturated heterocycles. The lowest BCUT2D eigenvalue weighted by atomic mass is 10.0. The first-order valence-corrected chi connectivity index (χ1v) is 12.9. The lowest BCUT2D eigenvalue weighted by Gasteiger charge is -2.30. The Morgan fingerprint density at radius 1 is 1.26 bits per heavy atom. The fourth-order valence-electron chi connectivity index (χ4n) is 4.03. The van der Waals surface area contributed by atoms with E-state index < -0.39 is 20.9 Å². The molecule has 0 spiro atoms. The van der Waals surface area contributed by atoms with E-state index in [9.17, 15) is 23.3 Å². The van der Waals surface area contributed by atoms with Crippen LogP contribution in [-0.4, -0.2) is 48.3 Å². The van der Waals surface area contributed by atoms with Crippen molar-refractivity contribution in [3.8, 4) is 5.75 Å². The van der Waals surface area contributed by atoms with Gasteiger partial charge in [-0.15, -0.1) is 0 Å². The normalized spacial score (nSPS) is 17.7. The number of benzene rings is 2. The fourth-order valence-corrected chi connectivity index (χ4v) is 6.70. The van der Waals surface area contributed by atoms with Gasteiger partial charge in [-0.2, -0.15) is 9.30 Å². The number of piperidine rings is 1. The Morgan fingerprint density at radius 3 is 2.59 bits per heavy atom. The number of aryl methyl sites for hydroxylation is 1. The van der Waals surface area contributed by atoms with Crippen LogP contribution in [0.1, 0.15) is 30.1 Å². The van der Waals surface area contributed by atoms with E-state index in [4.69, 9.17) is 4.74 Å². The van der Waals surface area contributed by atoms with Crippen molar-refractivity contribution in [3.05, 3.63) is 56.9 Å². The molecule has 12 heteroatoms. The summed E-state index contributed by atoms with van der Waals surface area (Å²) in [5.41, 5.74) is 0.701. The number of sulfonamides is 1. The van der Waals surface area contributed by atoms with Crippen molar-refractivity contribution in [3.63, 3.8) is 0 Å². The summed E-state index contributed by atoms with van der Waals surface area (Å²) >= 11 is 1.12. The molecular weight excluding hydrogens is 480 g/mol. The number of nitrogens with zero attached hydrogens (tertiary/aromatic N) is 4. The van der Waals surface area contributed by atoms with Crippen molar-refractivity contribution in [2.75, 3.05) is 20.2 Å². The van der Waals surface area contributed by atoms with Gasteiger partial charge in [0.2, 0.25) is 10.0 Å². The summed E-state index contributed by atoms with van der Waals surface area (Å²) in [5.74, 6) is 0.0647. The predicted octanol–water partition coefficient (Wildman–Crippen LogP) is 3.32. The number of carbonyl (C=O) groups is 1. The van der Waals surface area contributed by atoms with Gasteiger partial charge < -0.3 is 9.30 Å². The van der Waals surface area contributed by atoms with Gasteiger partial charge in [-0.3, -0.25) is 14.9 Å². The standard InChI is InChI=1S/C22H24N4O6S2/c1-14-5-4-10-25(13-14)34(30,31)17-8-6-15(7-9-17)21(27)23-22-24(2)20-18(32-3)11-16(26(28)29)12-19(20)33-22/h6-9,11-12,14H,4-5,10,13H2,1-3H3. The first-order chi connectivity index (χ1) is 16.1. The molecule has 0 radical (unpaired) electrons. The Labute approximate surface area is 200 Å². The van der Waals surface area contributed by atoms with Crippen LogP contribution in [0.5, 0.6) is 5.75 Å². The van der Waals surface area contributed by atoms with Crippen molar-refractivity contribution in [1.29, 1.82) is 0 Å². The van der Waals surface area contributed by atoms with Crippen molar-refractivity contribution in [2.45, 2.75) is 24.7 Å². The maximum Gasteiger partial charge on any atom is 0.279 e. The highest BCUT2D eigenvalue weighted by atomic mass is 32.2. The monoisotopic (exact) mass is 504 g/mol. The second-order valence-electron chi connectivity index (χ2n) is 8.25. The van der Waals surface area contributed by atoms with Crippen LogP contribution < -0.4 is 9.54 Å². The van der Waals surface area contributed by atoms with Gasteiger partial charge in [0.15, 0.2) is 10.6 Å². The number of hydrogen-bond donors (Lipinski definition) is 0. The van der Waals surface area contributed by atoms with Gasteiger partial charge in [0, 0.05) is 31.8 Å². The molecule has 2 aromatic carbocycles. The molecule has 34 heavy (non-hydrogen) atoms. The Bertz CT molecular complexity index is 1440. The molecule has 1 unspecified atom stereocenters. The number of nitro benzene ring substituents is 1. The van der Waals surface area contributed by atoms with Crippen LogP contribution in [0.4, 0.5) is 5.69 Å². The summed E-state index contributed by atoms with van der Waals surface area (Å²) in [7, 11) is -0.515. The highest BCUT2D eigenvalue weighted by Gasteiger charge is 2.28. The zero-order valence-corrected chi connectivity index (χ0v) is 20.6. The van der Waals surface area contributed by atoms with E-state index in [0.29, 0.717) is 39.8 Å². The van der Waals surface area contributed by atoms with Gasteiger partial charge in [-0.05, 0) is 43.0 Å². The average Bonchev–Trinajstić information content (AvgIpc) is 3.13.